The number of aromatic nitrogens is 1. The number of anilines is 1. The number of rotatable bonds is 4. The minimum atomic E-state index is -3.79. The van der Waals surface area contributed by atoms with Gasteiger partial charge in [-0.25, -0.2) is 12.8 Å². The van der Waals surface area contributed by atoms with E-state index < -0.39 is 15.7 Å². The highest BCUT2D eigenvalue weighted by Gasteiger charge is 2.31. The summed E-state index contributed by atoms with van der Waals surface area (Å²) in [6.07, 6.45) is 3.75. The quantitative estimate of drug-likeness (QED) is 0.563. The SMILES string of the molecule is CC(C)(C)N1CCN(c2cccc(S(=O)(=O)c3cn(C4CC4)c4ccc(F)cc34)c2)CC1. The molecule has 0 spiro atoms. The summed E-state index contributed by atoms with van der Waals surface area (Å²) in [5, 5.41) is 0.459. The third-order valence-electron chi connectivity index (χ3n) is 6.71. The standard InChI is InChI=1S/C25H30FN3O2S/c1-25(2,3)28-13-11-27(12-14-28)20-5-4-6-21(16-20)32(30,31)24-17-29(19-8-9-19)23-10-7-18(26)15-22(23)24/h4-7,10,15-17,19H,8-9,11-14H2,1-3H3. The smallest absolute Gasteiger partial charge is 0.208 e. The van der Waals surface area contributed by atoms with Gasteiger partial charge in [-0.1, -0.05) is 6.07 Å². The summed E-state index contributed by atoms with van der Waals surface area (Å²) >= 11 is 0. The van der Waals surface area contributed by atoms with Crippen molar-refractivity contribution in [1.29, 1.82) is 0 Å². The largest absolute Gasteiger partial charge is 0.369 e. The molecule has 0 bridgehead atoms. The number of sulfone groups is 1. The van der Waals surface area contributed by atoms with E-state index in [1.54, 1.807) is 30.5 Å². The monoisotopic (exact) mass is 455 g/mol. The molecule has 7 heteroatoms. The van der Waals surface area contributed by atoms with Crippen molar-refractivity contribution in [3.63, 3.8) is 0 Å². The molecule has 170 valence electrons. The lowest BCUT2D eigenvalue weighted by Gasteiger charge is -2.43. The number of nitrogens with zero attached hydrogens (tertiary/aromatic N) is 3. The first-order valence-electron chi connectivity index (χ1n) is 11.3. The predicted molar refractivity (Wildman–Crippen MR) is 126 cm³/mol. The number of hydrogen-bond donors (Lipinski definition) is 0. The average Bonchev–Trinajstić information content (AvgIpc) is 3.53. The fourth-order valence-corrected chi connectivity index (χ4v) is 6.17. The van der Waals surface area contributed by atoms with Crippen LogP contribution in [0.5, 0.6) is 0 Å². The van der Waals surface area contributed by atoms with E-state index in [-0.39, 0.29) is 15.3 Å². The molecule has 5 rings (SSSR count). The molecule has 1 saturated heterocycles. The van der Waals surface area contributed by atoms with Gasteiger partial charge >= 0.3 is 0 Å². The third-order valence-corrected chi connectivity index (χ3v) is 8.49. The zero-order valence-corrected chi connectivity index (χ0v) is 19.7. The lowest BCUT2D eigenvalue weighted by Crippen LogP contribution is -2.53. The van der Waals surface area contributed by atoms with E-state index in [0.717, 1.165) is 50.2 Å². The first kappa shape index (κ1) is 21.5. The summed E-state index contributed by atoms with van der Waals surface area (Å²) in [5.74, 6) is -0.423. The molecule has 1 aliphatic carbocycles. The Bertz CT molecular complexity index is 1260. The van der Waals surface area contributed by atoms with Gasteiger partial charge in [-0.2, -0.15) is 0 Å². The Balaban J connectivity index is 1.49. The van der Waals surface area contributed by atoms with Crippen LogP contribution >= 0.6 is 0 Å². The van der Waals surface area contributed by atoms with Crippen LogP contribution in [0.3, 0.4) is 0 Å². The molecule has 2 heterocycles. The van der Waals surface area contributed by atoms with Crippen LogP contribution in [0.1, 0.15) is 39.7 Å². The highest BCUT2D eigenvalue weighted by atomic mass is 32.2. The highest BCUT2D eigenvalue weighted by molar-refractivity contribution is 7.91. The third kappa shape index (κ3) is 3.82. The number of benzene rings is 2. The van der Waals surface area contributed by atoms with Crippen LogP contribution < -0.4 is 4.90 Å². The molecule has 0 radical (unpaired) electrons. The lowest BCUT2D eigenvalue weighted by atomic mass is 10.0. The van der Waals surface area contributed by atoms with Crippen LogP contribution in [0.2, 0.25) is 0 Å². The predicted octanol–water partition coefficient (Wildman–Crippen LogP) is 4.87. The maximum absolute atomic E-state index is 14.0. The molecule has 0 amide bonds. The molecule has 1 aliphatic heterocycles. The molecule has 3 aromatic rings. The van der Waals surface area contributed by atoms with Crippen molar-refractivity contribution in [1.82, 2.24) is 9.47 Å². The zero-order chi connectivity index (χ0) is 22.7. The Kier molecular flexibility index (Phi) is 5.09. The molecule has 0 N–H and O–H groups in total. The first-order chi connectivity index (χ1) is 15.1. The van der Waals surface area contributed by atoms with Crippen LogP contribution in [0, 0.1) is 5.82 Å². The maximum atomic E-state index is 14.0. The second-order valence-corrected chi connectivity index (χ2v) is 11.9. The van der Waals surface area contributed by atoms with Gasteiger partial charge in [0.05, 0.1) is 9.79 Å². The van der Waals surface area contributed by atoms with Crippen molar-refractivity contribution >= 4 is 26.4 Å². The van der Waals surface area contributed by atoms with Gasteiger partial charge in [-0.05, 0) is 70.0 Å². The second kappa shape index (κ2) is 7.59. The van der Waals surface area contributed by atoms with E-state index in [1.165, 1.54) is 12.1 Å². The molecule has 2 aromatic carbocycles. The molecule has 1 aromatic heterocycles. The zero-order valence-electron chi connectivity index (χ0n) is 18.9. The average molecular weight is 456 g/mol. The Morgan fingerprint density at radius 3 is 2.34 bits per heavy atom. The van der Waals surface area contributed by atoms with Crippen LogP contribution in [-0.2, 0) is 9.84 Å². The van der Waals surface area contributed by atoms with Gasteiger partial charge in [-0.3, -0.25) is 4.90 Å². The fourth-order valence-electron chi connectivity index (χ4n) is 4.67. The van der Waals surface area contributed by atoms with Crippen molar-refractivity contribution in [2.75, 3.05) is 31.1 Å². The highest BCUT2D eigenvalue weighted by Crippen LogP contribution is 2.41. The first-order valence-corrected chi connectivity index (χ1v) is 12.8. The molecule has 0 atom stereocenters. The summed E-state index contributed by atoms with van der Waals surface area (Å²) in [5.41, 5.74) is 1.82. The molecule has 0 unspecified atom stereocenters. The van der Waals surface area contributed by atoms with Gasteiger partial charge in [0, 0.05) is 60.5 Å². The maximum Gasteiger partial charge on any atom is 0.208 e. The normalized spacial score (nSPS) is 18.4. The van der Waals surface area contributed by atoms with Crippen LogP contribution in [-0.4, -0.2) is 49.6 Å². The van der Waals surface area contributed by atoms with Crippen molar-refractivity contribution in [2.45, 2.75) is 55.0 Å². The Morgan fingerprint density at radius 1 is 0.969 bits per heavy atom. The number of hydrogen-bond acceptors (Lipinski definition) is 4. The van der Waals surface area contributed by atoms with E-state index in [2.05, 4.69) is 30.6 Å². The number of halogens is 1. The summed E-state index contributed by atoms with van der Waals surface area (Å²) in [7, 11) is -3.79. The van der Waals surface area contributed by atoms with Gasteiger partial charge in [0.25, 0.3) is 0 Å². The van der Waals surface area contributed by atoms with E-state index >= 15 is 0 Å². The fraction of sp³-hybridized carbons (Fsp3) is 0.440. The molecule has 32 heavy (non-hydrogen) atoms. The van der Waals surface area contributed by atoms with Crippen molar-refractivity contribution in [2.24, 2.45) is 0 Å². The Labute approximate surface area is 189 Å². The Hall–Kier alpha value is -2.38. The molecule has 2 fully saturated rings. The van der Waals surface area contributed by atoms with Crippen LogP contribution in [0.25, 0.3) is 10.9 Å². The molecular weight excluding hydrogens is 425 g/mol. The van der Waals surface area contributed by atoms with E-state index in [4.69, 9.17) is 0 Å². The summed E-state index contributed by atoms with van der Waals surface area (Å²) in [6, 6.07) is 11.9. The summed E-state index contributed by atoms with van der Waals surface area (Å²) < 4.78 is 43.4. The van der Waals surface area contributed by atoms with E-state index in [9.17, 15) is 12.8 Å². The minimum absolute atomic E-state index is 0.127. The summed E-state index contributed by atoms with van der Waals surface area (Å²) in [4.78, 5) is 5.14. The summed E-state index contributed by atoms with van der Waals surface area (Å²) in [6.45, 7) is 10.2. The topological polar surface area (TPSA) is 45.6 Å². The van der Waals surface area contributed by atoms with Gasteiger partial charge in [0.1, 0.15) is 5.82 Å². The molecule has 5 nitrogen and oxygen atoms in total. The minimum Gasteiger partial charge on any atom is -0.369 e. The van der Waals surface area contributed by atoms with E-state index in [0.29, 0.717) is 11.4 Å². The van der Waals surface area contributed by atoms with Crippen molar-refractivity contribution in [3.05, 3.63) is 54.5 Å². The lowest BCUT2D eigenvalue weighted by molar-refractivity contribution is 0.128. The van der Waals surface area contributed by atoms with E-state index in [1.807, 2.05) is 10.6 Å². The van der Waals surface area contributed by atoms with Crippen molar-refractivity contribution < 1.29 is 12.8 Å². The van der Waals surface area contributed by atoms with Crippen molar-refractivity contribution in [3.8, 4) is 0 Å². The van der Waals surface area contributed by atoms with Gasteiger partial charge in [-0.15, -0.1) is 0 Å². The van der Waals surface area contributed by atoms with Crippen LogP contribution in [0.4, 0.5) is 10.1 Å². The van der Waals surface area contributed by atoms with Crippen LogP contribution in [0.15, 0.2) is 58.5 Å². The number of piperazine rings is 1. The molecule has 1 saturated carbocycles. The van der Waals surface area contributed by atoms with Gasteiger partial charge in [0.2, 0.25) is 9.84 Å². The van der Waals surface area contributed by atoms with Gasteiger partial charge in [0.15, 0.2) is 0 Å². The number of fused-ring (bicyclic) bond motifs is 1. The Morgan fingerprint density at radius 2 is 1.69 bits per heavy atom. The molecule has 2 aliphatic rings. The molecular formula is C25H30FN3O2S. The van der Waals surface area contributed by atoms with Gasteiger partial charge < -0.3 is 9.47 Å². The second-order valence-electron chi connectivity index (χ2n) is 9.94.